The standard InChI is InChI=1S/C13H4Cl4F3NO5/c1-25-11(23)4-9(13(18,19)20)26-21-10(22)2-3(12(4,21)24)6(15)8(17)7(16)5(2)14/h24H,1H3. The molecule has 1 amide bonds. The molecule has 1 atom stereocenters. The van der Waals surface area contributed by atoms with E-state index in [1.807, 2.05) is 0 Å². The Bertz CT molecular complexity index is 916. The normalized spacial score (nSPS) is 21.7. The lowest BCUT2D eigenvalue weighted by Gasteiger charge is -2.26. The second-order valence-corrected chi connectivity index (χ2v) is 6.57. The number of amides is 1. The predicted molar refractivity (Wildman–Crippen MR) is 82.7 cm³/mol. The van der Waals surface area contributed by atoms with Crippen LogP contribution < -0.4 is 0 Å². The first-order valence-corrected chi connectivity index (χ1v) is 7.91. The van der Waals surface area contributed by atoms with Gasteiger partial charge in [-0.25, -0.2) is 4.79 Å². The molecule has 0 spiro atoms. The summed E-state index contributed by atoms with van der Waals surface area (Å²) in [6.45, 7) is 0. The Kier molecular flexibility index (Phi) is 4.32. The third-order valence-corrected chi connectivity index (χ3v) is 5.52. The number of carbonyl (C=O) groups is 2. The van der Waals surface area contributed by atoms with Crippen molar-refractivity contribution in [3.05, 3.63) is 42.5 Å². The van der Waals surface area contributed by atoms with E-state index in [-0.39, 0.29) is 10.1 Å². The molecule has 2 aliphatic rings. The van der Waals surface area contributed by atoms with Gasteiger partial charge in [0.05, 0.1) is 32.8 Å². The first-order valence-electron chi connectivity index (χ1n) is 6.40. The lowest BCUT2D eigenvalue weighted by Crippen LogP contribution is -2.42. The molecule has 0 saturated heterocycles. The molecule has 13 heteroatoms. The van der Waals surface area contributed by atoms with Crippen LogP contribution in [0.25, 0.3) is 0 Å². The Hall–Kier alpha value is -1.39. The molecule has 0 fully saturated rings. The number of hydrogen-bond donors (Lipinski definition) is 1. The lowest BCUT2D eigenvalue weighted by atomic mass is 9.93. The first-order chi connectivity index (χ1) is 11.9. The van der Waals surface area contributed by atoms with Crippen molar-refractivity contribution in [1.29, 1.82) is 0 Å². The molecule has 0 aromatic heterocycles. The largest absolute Gasteiger partial charge is 0.465 e. The van der Waals surface area contributed by atoms with Gasteiger partial charge in [-0.3, -0.25) is 4.79 Å². The van der Waals surface area contributed by atoms with Crippen LogP contribution in [0.15, 0.2) is 11.3 Å². The average Bonchev–Trinajstić information content (AvgIpc) is 2.98. The van der Waals surface area contributed by atoms with E-state index in [9.17, 15) is 27.9 Å². The van der Waals surface area contributed by atoms with Crippen molar-refractivity contribution in [2.24, 2.45) is 0 Å². The van der Waals surface area contributed by atoms with Crippen molar-refractivity contribution in [3.63, 3.8) is 0 Å². The summed E-state index contributed by atoms with van der Waals surface area (Å²) in [5.41, 5.74) is -5.71. The number of aliphatic hydroxyl groups is 1. The van der Waals surface area contributed by atoms with Crippen LogP contribution in [-0.2, 0) is 20.1 Å². The average molecular weight is 453 g/mol. The number of ether oxygens (including phenoxy) is 1. The highest BCUT2D eigenvalue weighted by molar-refractivity contribution is 6.53. The number of allylic oxidation sites excluding steroid dienone is 1. The number of methoxy groups -OCH3 is 1. The number of carbonyl (C=O) groups excluding carboxylic acids is 2. The molecule has 1 N–H and O–H groups in total. The molecule has 0 bridgehead atoms. The molecule has 2 heterocycles. The van der Waals surface area contributed by atoms with E-state index < -0.39 is 61.3 Å². The van der Waals surface area contributed by atoms with E-state index in [1.54, 1.807) is 0 Å². The molecule has 2 aliphatic heterocycles. The van der Waals surface area contributed by atoms with Crippen molar-refractivity contribution < 1.29 is 37.4 Å². The second kappa shape index (κ2) is 5.80. The minimum Gasteiger partial charge on any atom is -0.465 e. The maximum atomic E-state index is 13.3. The van der Waals surface area contributed by atoms with E-state index in [1.165, 1.54) is 0 Å². The molecule has 0 saturated carbocycles. The van der Waals surface area contributed by atoms with Crippen molar-refractivity contribution >= 4 is 58.3 Å². The minimum absolute atomic E-state index is 0.0861. The Morgan fingerprint density at radius 2 is 1.69 bits per heavy atom. The fourth-order valence-electron chi connectivity index (χ4n) is 2.67. The summed E-state index contributed by atoms with van der Waals surface area (Å²) in [6.07, 6.45) is -5.24. The van der Waals surface area contributed by atoms with Crippen molar-refractivity contribution in [2.45, 2.75) is 11.9 Å². The van der Waals surface area contributed by atoms with Gasteiger partial charge in [0.1, 0.15) is 5.57 Å². The van der Waals surface area contributed by atoms with Gasteiger partial charge in [-0.05, 0) is 0 Å². The highest BCUT2D eigenvalue weighted by Crippen LogP contribution is 2.57. The summed E-state index contributed by atoms with van der Waals surface area (Å²) in [4.78, 5) is 28.9. The summed E-state index contributed by atoms with van der Waals surface area (Å²) >= 11 is 23.6. The van der Waals surface area contributed by atoms with Gasteiger partial charge in [0, 0.05) is 5.56 Å². The summed E-state index contributed by atoms with van der Waals surface area (Å²) in [7, 11) is 0.774. The second-order valence-electron chi connectivity index (χ2n) is 5.06. The monoisotopic (exact) mass is 451 g/mol. The van der Waals surface area contributed by atoms with Gasteiger partial charge in [-0.2, -0.15) is 13.2 Å². The van der Waals surface area contributed by atoms with E-state index in [0.717, 1.165) is 7.11 Å². The molecule has 26 heavy (non-hydrogen) atoms. The van der Waals surface area contributed by atoms with Gasteiger partial charge in [0.15, 0.2) is 0 Å². The zero-order valence-electron chi connectivity index (χ0n) is 12.2. The van der Waals surface area contributed by atoms with Gasteiger partial charge in [-0.15, -0.1) is 5.06 Å². The van der Waals surface area contributed by atoms with Gasteiger partial charge in [-0.1, -0.05) is 46.4 Å². The summed E-state index contributed by atoms with van der Waals surface area (Å²) < 4.78 is 44.1. The van der Waals surface area contributed by atoms with E-state index in [4.69, 9.17) is 46.4 Å². The molecule has 1 aromatic rings. The van der Waals surface area contributed by atoms with E-state index >= 15 is 0 Å². The van der Waals surface area contributed by atoms with Gasteiger partial charge in [0.25, 0.3) is 11.7 Å². The molecule has 0 radical (unpaired) electrons. The molecular weight excluding hydrogens is 449 g/mol. The molecule has 1 unspecified atom stereocenters. The van der Waals surface area contributed by atoms with E-state index in [0.29, 0.717) is 0 Å². The Morgan fingerprint density at radius 3 is 2.19 bits per heavy atom. The molecule has 140 valence electrons. The molecule has 3 rings (SSSR count). The zero-order valence-corrected chi connectivity index (χ0v) is 15.2. The molecule has 6 nitrogen and oxygen atoms in total. The van der Waals surface area contributed by atoms with Crippen LogP contribution in [0.1, 0.15) is 15.9 Å². The number of esters is 1. The summed E-state index contributed by atoms with van der Waals surface area (Å²) in [5.74, 6) is -4.86. The highest BCUT2D eigenvalue weighted by Gasteiger charge is 2.67. The Labute approximate surface area is 162 Å². The van der Waals surface area contributed by atoms with E-state index in [2.05, 4.69) is 9.57 Å². The lowest BCUT2D eigenvalue weighted by molar-refractivity contribution is -0.222. The van der Waals surface area contributed by atoms with Crippen molar-refractivity contribution in [1.82, 2.24) is 5.06 Å². The van der Waals surface area contributed by atoms with Crippen LogP contribution >= 0.6 is 46.4 Å². The van der Waals surface area contributed by atoms with Crippen LogP contribution in [0.5, 0.6) is 0 Å². The van der Waals surface area contributed by atoms with Gasteiger partial charge < -0.3 is 14.7 Å². The third kappa shape index (κ3) is 2.24. The van der Waals surface area contributed by atoms with Crippen LogP contribution in [0.2, 0.25) is 20.1 Å². The summed E-state index contributed by atoms with van der Waals surface area (Å²) in [6, 6.07) is 0. The van der Waals surface area contributed by atoms with Crippen LogP contribution in [0, 0.1) is 0 Å². The number of fused-ring (bicyclic) bond motifs is 3. The quantitative estimate of drug-likeness (QED) is 0.398. The number of rotatable bonds is 1. The fraction of sp³-hybridized carbons (Fsp3) is 0.231. The SMILES string of the molecule is COC(=O)C1=C(C(F)(F)F)ON2C(=O)c3c(Cl)c(Cl)c(Cl)c(Cl)c3C12O. The Morgan fingerprint density at radius 1 is 1.15 bits per heavy atom. The highest BCUT2D eigenvalue weighted by atomic mass is 35.5. The molecular formula is C13H4Cl4F3NO5. The van der Waals surface area contributed by atoms with Gasteiger partial charge in [0.2, 0.25) is 5.72 Å². The number of nitrogens with zero attached hydrogens (tertiary/aromatic N) is 1. The van der Waals surface area contributed by atoms with Crippen LogP contribution in [0.4, 0.5) is 13.2 Å². The minimum atomic E-state index is -5.24. The van der Waals surface area contributed by atoms with Crippen molar-refractivity contribution in [3.8, 4) is 0 Å². The third-order valence-electron chi connectivity index (χ3n) is 3.71. The number of halogens is 7. The van der Waals surface area contributed by atoms with Crippen molar-refractivity contribution in [2.75, 3.05) is 7.11 Å². The topological polar surface area (TPSA) is 76.1 Å². The smallest absolute Gasteiger partial charge is 0.453 e. The number of hydroxylamine groups is 2. The van der Waals surface area contributed by atoms with Crippen LogP contribution in [0.3, 0.4) is 0 Å². The number of benzene rings is 1. The van der Waals surface area contributed by atoms with Gasteiger partial charge >= 0.3 is 12.1 Å². The van der Waals surface area contributed by atoms with Crippen LogP contribution in [-0.4, -0.2) is 35.3 Å². The number of alkyl halides is 3. The maximum absolute atomic E-state index is 13.3. The first kappa shape index (κ1) is 19.4. The fourth-order valence-corrected chi connectivity index (χ4v) is 3.74. The maximum Gasteiger partial charge on any atom is 0.453 e. The molecule has 1 aromatic carbocycles. The Balaban J connectivity index is 2.44. The zero-order chi connectivity index (χ0) is 19.8. The molecule has 0 aliphatic carbocycles. The summed E-state index contributed by atoms with van der Waals surface area (Å²) in [5, 5.41) is 8.99. The number of hydrogen-bond acceptors (Lipinski definition) is 5. The predicted octanol–water partition coefficient (Wildman–Crippen LogP) is 3.84.